The molecule has 2 amide bonds. The number of rotatable bonds is 5. The van der Waals surface area contributed by atoms with Gasteiger partial charge in [-0.2, -0.15) is 0 Å². The summed E-state index contributed by atoms with van der Waals surface area (Å²) in [5.41, 5.74) is 0. The van der Waals surface area contributed by atoms with E-state index in [2.05, 4.69) is 34.3 Å². The first-order valence-electron chi connectivity index (χ1n) is 8.84. The Labute approximate surface area is 142 Å². The molecule has 0 spiro atoms. The van der Waals surface area contributed by atoms with E-state index in [0.717, 1.165) is 37.4 Å². The number of aromatic nitrogens is 2. The average molecular weight is 337 g/mol. The van der Waals surface area contributed by atoms with Crippen molar-refractivity contribution < 1.29 is 4.79 Å². The molecule has 0 radical (unpaired) electrons. The summed E-state index contributed by atoms with van der Waals surface area (Å²) in [6.45, 7) is 8.38. The third-order valence-corrected chi connectivity index (χ3v) is 6.10. The highest BCUT2D eigenvalue weighted by Crippen LogP contribution is 2.28. The Hall–Kier alpha value is -1.21. The molecule has 0 aromatic carbocycles. The fraction of sp³-hybridized carbons (Fsp3) is 0.812. The van der Waals surface area contributed by atoms with Gasteiger partial charge in [-0.3, -0.25) is 10.2 Å². The Morgan fingerprint density at radius 1 is 1.26 bits per heavy atom. The fourth-order valence-corrected chi connectivity index (χ4v) is 4.59. The van der Waals surface area contributed by atoms with E-state index in [1.54, 1.807) is 0 Å². The van der Waals surface area contributed by atoms with Crippen LogP contribution in [0.3, 0.4) is 0 Å². The molecule has 0 bridgehead atoms. The zero-order valence-electron chi connectivity index (χ0n) is 14.1. The lowest BCUT2D eigenvalue weighted by atomic mass is 10.1. The van der Waals surface area contributed by atoms with E-state index in [-0.39, 0.29) is 6.03 Å². The smallest absolute Gasteiger partial charge is 0.323 e. The number of urea groups is 1. The van der Waals surface area contributed by atoms with E-state index in [0.29, 0.717) is 17.1 Å². The summed E-state index contributed by atoms with van der Waals surface area (Å²) in [6, 6.07) is 0.511. The molecule has 2 saturated heterocycles. The van der Waals surface area contributed by atoms with E-state index in [9.17, 15) is 4.79 Å². The van der Waals surface area contributed by atoms with E-state index in [1.165, 1.54) is 37.3 Å². The molecule has 1 aromatic heterocycles. The van der Waals surface area contributed by atoms with Crippen molar-refractivity contribution in [1.29, 1.82) is 0 Å². The predicted molar refractivity (Wildman–Crippen MR) is 93.0 cm³/mol. The van der Waals surface area contributed by atoms with Crippen molar-refractivity contribution in [3.8, 4) is 0 Å². The first-order valence-corrected chi connectivity index (χ1v) is 9.66. The maximum Gasteiger partial charge on any atom is 0.323 e. The van der Waals surface area contributed by atoms with Crippen molar-refractivity contribution in [2.45, 2.75) is 57.9 Å². The lowest BCUT2D eigenvalue weighted by Gasteiger charge is -2.23. The molecule has 0 aliphatic carbocycles. The topological polar surface area (TPSA) is 61.4 Å². The lowest BCUT2D eigenvalue weighted by Crippen LogP contribution is -2.38. The average Bonchev–Trinajstić information content (AvgIpc) is 3.29. The molecule has 3 heterocycles. The van der Waals surface area contributed by atoms with Crippen LogP contribution in [0.1, 0.15) is 56.9 Å². The van der Waals surface area contributed by atoms with Crippen LogP contribution < -0.4 is 5.32 Å². The molecule has 23 heavy (non-hydrogen) atoms. The molecule has 1 unspecified atom stereocenters. The summed E-state index contributed by atoms with van der Waals surface area (Å²) in [6.07, 6.45) is 5.80. The largest absolute Gasteiger partial charge is 0.323 e. The maximum absolute atomic E-state index is 12.4. The second-order valence-corrected chi connectivity index (χ2v) is 7.53. The van der Waals surface area contributed by atoms with Gasteiger partial charge in [-0.05, 0) is 45.2 Å². The molecule has 1 N–H and O–H groups in total. The number of nitrogens with zero attached hydrogens (tertiary/aromatic N) is 4. The van der Waals surface area contributed by atoms with Crippen LogP contribution in [0.2, 0.25) is 0 Å². The van der Waals surface area contributed by atoms with E-state index >= 15 is 0 Å². The summed E-state index contributed by atoms with van der Waals surface area (Å²) in [5.74, 6) is 0.449. The number of carbonyl (C=O) groups is 1. The van der Waals surface area contributed by atoms with Crippen LogP contribution in [0.25, 0.3) is 0 Å². The van der Waals surface area contributed by atoms with Gasteiger partial charge >= 0.3 is 6.03 Å². The molecule has 1 aromatic rings. The van der Waals surface area contributed by atoms with E-state index in [1.807, 2.05) is 4.90 Å². The summed E-state index contributed by atoms with van der Waals surface area (Å²) in [7, 11) is 0. The molecule has 128 valence electrons. The minimum Gasteiger partial charge on any atom is -0.323 e. The van der Waals surface area contributed by atoms with Crippen molar-refractivity contribution in [3.05, 3.63) is 5.01 Å². The first-order chi connectivity index (χ1) is 11.2. The number of anilines is 1. The second-order valence-electron chi connectivity index (χ2n) is 6.52. The van der Waals surface area contributed by atoms with Gasteiger partial charge in [0.1, 0.15) is 5.01 Å². The summed E-state index contributed by atoms with van der Waals surface area (Å²) >= 11 is 1.51. The van der Waals surface area contributed by atoms with Crippen LogP contribution in [0, 0.1) is 0 Å². The third-order valence-electron chi connectivity index (χ3n) is 5.10. The highest BCUT2D eigenvalue weighted by molar-refractivity contribution is 7.15. The highest BCUT2D eigenvalue weighted by atomic mass is 32.1. The van der Waals surface area contributed by atoms with Crippen molar-refractivity contribution in [3.63, 3.8) is 0 Å². The van der Waals surface area contributed by atoms with Crippen molar-refractivity contribution in [1.82, 2.24) is 20.0 Å². The SMILES string of the molecule is CCC(CC)c1nnc(NC(=O)N2CCC(N3CCCC3)C2)s1. The molecule has 6 nitrogen and oxygen atoms in total. The molecular formula is C16H27N5OS. The Morgan fingerprint density at radius 3 is 2.70 bits per heavy atom. The summed E-state index contributed by atoms with van der Waals surface area (Å²) in [4.78, 5) is 16.9. The second kappa shape index (κ2) is 7.57. The third kappa shape index (κ3) is 3.83. The maximum atomic E-state index is 12.4. The zero-order chi connectivity index (χ0) is 16.2. The van der Waals surface area contributed by atoms with Gasteiger partial charge in [-0.15, -0.1) is 10.2 Å². The van der Waals surface area contributed by atoms with Crippen LogP contribution in [-0.2, 0) is 0 Å². The summed E-state index contributed by atoms with van der Waals surface area (Å²) in [5, 5.41) is 13.0. The van der Waals surface area contributed by atoms with Crippen LogP contribution in [-0.4, -0.2) is 58.2 Å². The summed E-state index contributed by atoms with van der Waals surface area (Å²) < 4.78 is 0. The molecule has 1 atom stereocenters. The van der Waals surface area contributed by atoms with Crippen LogP contribution in [0.15, 0.2) is 0 Å². The molecule has 3 rings (SSSR count). The van der Waals surface area contributed by atoms with E-state index < -0.39 is 0 Å². The van der Waals surface area contributed by atoms with Gasteiger partial charge in [0.25, 0.3) is 0 Å². The Kier molecular flexibility index (Phi) is 5.48. The van der Waals surface area contributed by atoms with Crippen molar-refractivity contribution >= 4 is 22.5 Å². The van der Waals surface area contributed by atoms with Gasteiger partial charge in [-0.25, -0.2) is 4.79 Å². The number of likely N-dealkylation sites (tertiary alicyclic amines) is 2. The highest BCUT2D eigenvalue weighted by Gasteiger charge is 2.31. The minimum atomic E-state index is -0.0288. The fourth-order valence-electron chi connectivity index (χ4n) is 3.59. The Bertz CT molecular complexity index is 524. The molecular weight excluding hydrogens is 310 g/mol. The van der Waals surface area contributed by atoms with Crippen LogP contribution >= 0.6 is 11.3 Å². The van der Waals surface area contributed by atoms with Gasteiger partial charge in [0.15, 0.2) is 0 Å². The predicted octanol–water partition coefficient (Wildman–Crippen LogP) is 3.14. The molecule has 7 heteroatoms. The van der Waals surface area contributed by atoms with Crippen LogP contribution in [0.4, 0.5) is 9.93 Å². The number of hydrogen-bond acceptors (Lipinski definition) is 5. The van der Waals surface area contributed by atoms with Gasteiger partial charge < -0.3 is 4.90 Å². The molecule has 0 saturated carbocycles. The van der Waals surface area contributed by atoms with Crippen molar-refractivity contribution in [2.75, 3.05) is 31.5 Å². The first kappa shape index (κ1) is 16.6. The number of carbonyl (C=O) groups excluding carboxylic acids is 1. The number of hydrogen-bond donors (Lipinski definition) is 1. The van der Waals surface area contributed by atoms with Gasteiger partial charge in [0.2, 0.25) is 5.13 Å². The lowest BCUT2D eigenvalue weighted by molar-refractivity contribution is 0.210. The quantitative estimate of drug-likeness (QED) is 0.896. The Morgan fingerprint density at radius 2 is 2.00 bits per heavy atom. The van der Waals surface area contributed by atoms with Crippen molar-refractivity contribution in [2.24, 2.45) is 0 Å². The van der Waals surface area contributed by atoms with Crippen LogP contribution in [0.5, 0.6) is 0 Å². The number of amides is 2. The van der Waals surface area contributed by atoms with Gasteiger partial charge in [-0.1, -0.05) is 25.2 Å². The van der Waals surface area contributed by atoms with E-state index in [4.69, 9.17) is 0 Å². The monoisotopic (exact) mass is 337 g/mol. The number of nitrogens with one attached hydrogen (secondary N) is 1. The molecule has 2 aliphatic rings. The van der Waals surface area contributed by atoms with Gasteiger partial charge in [0, 0.05) is 25.0 Å². The zero-order valence-corrected chi connectivity index (χ0v) is 14.9. The molecule has 2 aliphatic heterocycles. The Balaban J connectivity index is 1.53. The van der Waals surface area contributed by atoms with Gasteiger partial charge in [0.05, 0.1) is 0 Å². The minimum absolute atomic E-state index is 0.0288. The standard InChI is InChI=1S/C16H27N5OS/c1-3-12(4-2)14-18-19-15(23-14)17-16(22)21-10-7-13(11-21)20-8-5-6-9-20/h12-13H,3-11H2,1-2H3,(H,17,19,22). The normalized spacial score (nSPS) is 22.2. The molecule has 2 fully saturated rings.